The van der Waals surface area contributed by atoms with Gasteiger partial charge in [-0.1, -0.05) is 11.2 Å². The first-order valence-electron chi connectivity index (χ1n) is 9.62. The normalized spacial score (nSPS) is 16.9. The summed E-state index contributed by atoms with van der Waals surface area (Å²) >= 11 is 0. The van der Waals surface area contributed by atoms with Crippen LogP contribution in [-0.2, 0) is 6.54 Å². The Morgan fingerprint density at radius 3 is 2.83 bits per heavy atom. The second-order valence-electron chi connectivity index (χ2n) is 7.38. The summed E-state index contributed by atoms with van der Waals surface area (Å²) in [5, 5.41) is 14.4. The van der Waals surface area contributed by atoms with Crippen molar-refractivity contribution in [3.8, 4) is 22.9 Å². The molecule has 3 heterocycles. The summed E-state index contributed by atoms with van der Waals surface area (Å²) in [5.74, 6) is 2.88. The summed E-state index contributed by atoms with van der Waals surface area (Å²) in [6, 6.07) is 9.29. The molecule has 1 saturated heterocycles. The van der Waals surface area contributed by atoms with E-state index in [4.69, 9.17) is 9.26 Å². The lowest BCUT2D eigenvalue weighted by Crippen LogP contribution is -2.23. The van der Waals surface area contributed by atoms with Crippen LogP contribution in [0.1, 0.15) is 30.3 Å². The van der Waals surface area contributed by atoms with E-state index in [1.807, 2.05) is 43.3 Å². The fourth-order valence-electron chi connectivity index (χ4n) is 3.59. The van der Waals surface area contributed by atoms with Crippen LogP contribution in [0.3, 0.4) is 0 Å². The minimum Gasteiger partial charge on any atom is -0.507 e. The van der Waals surface area contributed by atoms with E-state index in [1.165, 1.54) is 0 Å². The molecule has 8 heteroatoms. The Labute approximate surface area is 169 Å². The maximum absolute atomic E-state index is 10.3. The van der Waals surface area contributed by atoms with Gasteiger partial charge in [0.05, 0.1) is 13.2 Å². The predicted molar refractivity (Wildman–Crippen MR) is 109 cm³/mol. The van der Waals surface area contributed by atoms with E-state index < -0.39 is 0 Å². The number of ether oxygens (including phenoxy) is 1. The van der Waals surface area contributed by atoms with E-state index in [0.29, 0.717) is 24.0 Å². The summed E-state index contributed by atoms with van der Waals surface area (Å²) in [4.78, 5) is 13.2. The highest BCUT2D eigenvalue weighted by Crippen LogP contribution is 2.35. The van der Waals surface area contributed by atoms with Crippen molar-refractivity contribution in [1.82, 2.24) is 20.0 Å². The number of hydrogen-bond donors (Lipinski definition) is 1. The smallest absolute Gasteiger partial charge is 0.244 e. The van der Waals surface area contributed by atoms with E-state index in [2.05, 4.69) is 20.0 Å². The Morgan fingerprint density at radius 1 is 1.28 bits per heavy atom. The Bertz CT molecular complexity index is 971. The second-order valence-corrected chi connectivity index (χ2v) is 7.38. The fourth-order valence-corrected chi connectivity index (χ4v) is 3.59. The maximum atomic E-state index is 10.3. The largest absolute Gasteiger partial charge is 0.507 e. The van der Waals surface area contributed by atoms with Gasteiger partial charge in [-0.2, -0.15) is 4.98 Å². The van der Waals surface area contributed by atoms with Gasteiger partial charge in [-0.3, -0.25) is 4.90 Å². The van der Waals surface area contributed by atoms with Crippen molar-refractivity contribution in [2.75, 3.05) is 32.6 Å². The van der Waals surface area contributed by atoms with E-state index in [1.54, 1.807) is 19.4 Å². The summed E-state index contributed by atoms with van der Waals surface area (Å²) in [5.41, 5.74) is 1.67. The van der Waals surface area contributed by atoms with Crippen LogP contribution in [-0.4, -0.2) is 52.9 Å². The number of likely N-dealkylation sites (tertiary alicyclic amines) is 1. The van der Waals surface area contributed by atoms with Gasteiger partial charge in [0, 0.05) is 44.0 Å². The van der Waals surface area contributed by atoms with Crippen LogP contribution in [0, 0.1) is 0 Å². The summed E-state index contributed by atoms with van der Waals surface area (Å²) in [7, 11) is 5.48. The number of phenolic OH excluding ortho intramolecular Hbond substituents is 1. The van der Waals surface area contributed by atoms with Crippen LogP contribution >= 0.6 is 0 Å². The molecule has 1 N–H and O–H groups in total. The zero-order valence-corrected chi connectivity index (χ0v) is 16.9. The lowest BCUT2D eigenvalue weighted by atomic mass is 10.1. The van der Waals surface area contributed by atoms with Crippen molar-refractivity contribution < 1.29 is 14.4 Å². The minimum absolute atomic E-state index is 0.0340. The molecule has 29 heavy (non-hydrogen) atoms. The third-order valence-corrected chi connectivity index (χ3v) is 5.22. The molecule has 0 saturated carbocycles. The molecule has 152 valence electrons. The standard InChI is InChI=1S/C21H25N5O3/c1-25(2)19-9-7-14(12-22-19)20-23-21(29-24-20)17-5-4-10-26(17)13-15-6-8-16(28-3)11-18(15)27/h6-9,11-12,17,27H,4-5,10,13H2,1-3H3. The van der Waals surface area contributed by atoms with Gasteiger partial charge in [0.1, 0.15) is 17.3 Å². The number of aromatic nitrogens is 3. The monoisotopic (exact) mass is 395 g/mol. The molecule has 1 fully saturated rings. The Morgan fingerprint density at radius 2 is 2.14 bits per heavy atom. The van der Waals surface area contributed by atoms with Crippen LogP contribution in [0.4, 0.5) is 5.82 Å². The number of methoxy groups -OCH3 is 1. The lowest BCUT2D eigenvalue weighted by Gasteiger charge is -2.22. The highest BCUT2D eigenvalue weighted by atomic mass is 16.5. The molecular weight excluding hydrogens is 370 g/mol. The number of benzene rings is 1. The third-order valence-electron chi connectivity index (χ3n) is 5.22. The average Bonchev–Trinajstić information content (AvgIpc) is 3.39. The molecule has 1 aliphatic rings. The predicted octanol–water partition coefficient (Wildman–Crippen LogP) is 3.25. The van der Waals surface area contributed by atoms with Crippen LogP contribution in [0.5, 0.6) is 11.5 Å². The van der Waals surface area contributed by atoms with Crippen molar-refractivity contribution in [1.29, 1.82) is 0 Å². The average molecular weight is 395 g/mol. The molecular formula is C21H25N5O3. The zero-order chi connectivity index (χ0) is 20.4. The van der Waals surface area contributed by atoms with Crippen molar-refractivity contribution in [3.05, 3.63) is 48.0 Å². The molecule has 3 aromatic rings. The molecule has 0 radical (unpaired) electrons. The molecule has 0 bridgehead atoms. The van der Waals surface area contributed by atoms with Gasteiger partial charge >= 0.3 is 0 Å². The number of aromatic hydroxyl groups is 1. The Hall–Kier alpha value is -3.13. The molecule has 0 aliphatic carbocycles. The number of anilines is 1. The van der Waals surface area contributed by atoms with Crippen LogP contribution in [0.2, 0.25) is 0 Å². The lowest BCUT2D eigenvalue weighted by molar-refractivity contribution is 0.199. The van der Waals surface area contributed by atoms with Gasteiger partial charge < -0.3 is 19.3 Å². The van der Waals surface area contributed by atoms with Crippen LogP contribution < -0.4 is 9.64 Å². The molecule has 1 unspecified atom stereocenters. The van der Waals surface area contributed by atoms with Crippen molar-refractivity contribution >= 4 is 5.82 Å². The van der Waals surface area contributed by atoms with Gasteiger partial charge in [-0.25, -0.2) is 4.98 Å². The summed E-state index contributed by atoms with van der Waals surface area (Å²) in [6.45, 7) is 1.52. The number of hydrogen-bond acceptors (Lipinski definition) is 8. The van der Waals surface area contributed by atoms with Crippen molar-refractivity contribution in [2.45, 2.75) is 25.4 Å². The number of nitrogens with zero attached hydrogens (tertiary/aromatic N) is 5. The van der Waals surface area contributed by atoms with Gasteiger partial charge in [0.25, 0.3) is 0 Å². The molecule has 1 aromatic carbocycles. The Balaban J connectivity index is 1.51. The highest BCUT2D eigenvalue weighted by molar-refractivity contribution is 5.55. The second kappa shape index (κ2) is 8.08. The summed E-state index contributed by atoms with van der Waals surface area (Å²) < 4.78 is 10.8. The minimum atomic E-state index is 0.0340. The van der Waals surface area contributed by atoms with E-state index in [-0.39, 0.29) is 11.8 Å². The quantitative estimate of drug-likeness (QED) is 0.681. The molecule has 4 rings (SSSR count). The molecule has 0 spiro atoms. The number of pyridine rings is 1. The SMILES string of the molecule is COc1ccc(CN2CCCC2c2nc(-c3ccc(N(C)C)nc3)no2)c(O)c1. The fraction of sp³-hybridized carbons (Fsp3) is 0.381. The van der Waals surface area contributed by atoms with E-state index in [9.17, 15) is 5.11 Å². The maximum Gasteiger partial charge on any atom is 0.244 e. The first-order chi connectivity index (χ1) is 14.0. The Kier molecular flexibility index (Phi) is 5.35. The topological polar surface area (TPSA) is 87.8 Å². The zero-order valence-electron chi connectivity index (χ0n) is 16.9. The van der Waals surface area contributed by atoms with Crippen LogP contribution in [0.25, 0.3) is 11.4 Å². The third kappa shape index (κ3) is 4.02. The van der Waals surface area contributed by atoms with Crippen molar-refractivity contribution in [2.24, 2.45) is 0 Å². The molecule has 0 amide bonds. The molecule has 2 aromatic heterocycles. The van der Waals surface area contributed by atoms with Gasteiger partial charge in [0.15, 0.2) is 0 Å². The number of rotatable bonds is 6. The first kappa shape index (κ1) is 19.2. The van der Waals surface area contributed by atoms with Gasteiger partial charge in [0.2, 0.25) is 11.7 Å². The van der Waals surface area contributed by atoms with Gasteiger partial charge in [-0.15, -0.1) is 0 Å². The first-order valence-corrected chi connectivity index (χ1v) is 9.62. The molecule has 8 nitrogen and oxygen atoms in total. The van der Waals surface area contributed by atoms with Crippen LogP contribution in [0.15, 0.2) is 41.1 Å². The summed E-state index contributed by atoms with van der Waals surface area (Å²) in [6.07, 6.45) is 3.74. The highest BCUT2D eigenvalue weighted by Gasteiger charge is 2.31. The van der Waals surface area contributed by atoms with Gasteiger partial charge in [-0.05, 0) is 37.6 Å². The number of phenols is 1. The molecule has 1 atom stereocenters. The van der Waals surface area contributed by atoms with E-state index in [0.717, 1.165) is 36.3 Å². The van der Waals surface area contributed by atoms with E-state index >= 15 is 0 Å². The molecule has 1 aliphatic heterocycles. The van der Waals surface area contributed by atoms with Crippen molar-refractivity contribution in [3.63, 3.8) is 0 Å².